The quantitative estimate of drug-likeness (QED) is 0.760. The molecule has 2 heterocycles. The molecule has 0 aliphatic carbocycles. The Balaban J connectivity index is 1.86. The van der Waals surface area contributed by atoms with Crippen molar-refractivity contribution in [1.82, 2.24) is 10.2 Å². The highest BCUT2D eigenvalue weighted by Crippen LogP contribution is 2.25. The van der Waals surface area contributed by atoms with E-state index >= 15 is 0 Å². The van der Waals surface area contributed by atoms with E-state index in [2.05, 4.69) is 11.4 Å². The van der Waals surface area contributed by atoms with Crippen molar-refractivity contribution < 1.29 is 9.90 Å². The van der Waals surface area contributed by atoms with Gasteiger partial charge in [-0.2, -0.15) is 0 Å². The zero-order valence-electron chi connectivity index (χ0n) is 10.6. The number of β-amino-alcohol motifs (C(OH)–C–C–N with tert-alkyl or cyclic N) is 1. The summed E-state index contributed by atoms with van der Waals surface area (Å²) in [5.74, 6) is 0.0558. The number of amides is 1. The van der Waals surface area contributed by atoms with Crippen LogP contribution in [0.2, 0.25) is 0 Å². The van der Waals surface area contributed by atoms with Gasteiger partial charge < -0.3 is 15.3 Å². The lowest BCUT2D eigenvalue weighted by Crippen LogP contribution is -2.61. The van der Waals surface area contributed by atoms with Crippen molar-refractivity contribution in [3.63, 3.8) is 0 Å². The first-order valence-corrected chi connectivity index (χ1v) is 6.40. The summed E-state index contributed by atoms with van der Waals surface area (Å²) in [7, 11) is 0. The summed E-state index contributed by atoms with van der Waals surface area (Å²) < 4.78 is 0. The smallest absolute Gasteiger partial charge is 0.254 e. The molecule has 4 nitrogen and oxygen atoms in total. The van der Waals surface area contributed by atoms with Crippen LogP contribution >= 0.6 is 0 Å². The fourth-order valence-corrected chi connectivity index (χ4v) is 2.82. The molecule has 0 saturated carbocycles. The molecule has 0 atom stereocenters. The summed E-state index contributed by atoms with van der Waals surface area (Å²) in [6, 6.07) is 5.92. The van der Waals surface area contributed by atoms with Gasteiger partial charge in [0.25, 0.3) is 5.91 Å². The number of nitrogens with one attached hydrogen (secondary N) is 1. The van der Waals surface area contributed by atoms with Crippen molar-refractivity contribution in [3.8, 4) is 0 Å². The number of benzene rings is 1. The summed E-state index contributed by atoms with van der Waals surface area (Å²) in [5, 5.41) is 13.0. The number of aliphatic hydroxyl groups is 1. The lowest BCUT2D eigenvalue weighted by atomic mass is 9.91. The van der Waals surface area contributed by atoms with Gasteiger partial charge in [-0.15, -0.1) is 0 Å². The summed E-state index contributed by atoms with van der Waals surface area (Å²) in [6.07, 6.45) is 0.904. The third kappa shape index (κ3) is 1.91. The van der Waals surface area contributed by atoms with Crippen LogP contribution in [0.3, 0.4) is 0 Å². The molecular weight excluding hydrogens is 228 g/mol. The van der Waals surface area contributed by atoms with E-state index in [0.717, 1.165) is 25.1 Å². The second kappa shape index (κ2) is 4.07. The molecule has 2 aliphatic rings. The number of carbonyl (C=O) groups is 1. The molecule has 1 saturated heterocycles. The van der Waals surface area contributed by atoms with Crippen molar-refractivity contribution in [1.29, 1.82) is 0 Å². The summed E-state index contributed by atoms with van der Waals surface area (Å²) in [5.41, 5.74) is 2.50. The van der Waals surface area contributed by atoms with E-state index in [4.69, 9.17) is 0 Å². The summed E-state index contributed by atoms with van der Waals surface area (Å²) in [4.78, 5) is 14.1. The molecule has 0 bridgehead atoms. The van der Waals surface area contributed by atoms with Crippen molar-refractivity contribution in [2.75, 3.05) is 19.6 Å². The normalized spacial score (nSPS) is 21.1. The van der Waals surface area contributed by atoms with Crippen LogP contribution in [0.15, 0.2) is 18.2 Å². The Labute approximate surface area is 107 Å². The summed E-state index contributed by atoms with van der Waals surface area (Å²) in [6.45, 7) is 4.41. The van der Waals surface area contributed by atoms with Gasteiger partial charge in [-0.1, -0.05) is 12.1 Å². The minimum atomic E-state index is -0.702. The highest BCUT2D eigenvalue weighted by Gasteiger charge is 2.40. The predicted octanol–water partition coefficient (Wildman–Crippen LogP) is 0.539. The monoisotopic (exact) mass is 246 g/mol. The lowest BCUT2D eigenvalue weighted by molar-refractivity contribution is -0.0669. The van der Waals surface area contributed by atoms with Gasteiger partial charge in [0, 0.05) is 12.1 Å². The molecule has 18 heavy (non-hydrogen) atoms. The molecule has 4 heteroatoms. The second-order valence-corrected chi connectivity index (χ2v) is 5.53. The number of fused-ring (bicyclic) bond motifs is 1. The number of carbonyl (C=O) groups excluding carboxylic acids is 1. The van der Waals surface area contributed by atoms with Crippen LogP contribution in [0.4, 0.5) is 0 Å². The fraction of sp³-hybridized carbons (Fsp3) is 0.500. The third-order valence-corrected chi connectivity index (χ3v) is 3.72. The number of hydrogen-bond acceptors (Lipinski definition) is 3. The fourth-order valence-electron chi connectivity index (χ4n) is 2.82. The van der Waals surface area contributed by atoms with Crippen LogP contribution in [0.25, 0.3) is 0 Å². The first kappa shape index (κ1) is 11.7. The highest BCUT2D eigenvalue weighted by molar-refractivity contribution is 5.96. The van der Waals surface area contributed by atoms with E-state index in [-0.39, 0.29) is 5.91 Å². The number of nitrogens with zero attached hydrogens (tertiary/aromatic N) is 1. The standard InChI is InChI=1S/C14H18N2O2/c1-14(18)8-16(9-14)13(17)12-4-2-3-10-7-15-6-5-11(10)12/h2-4,15,18H,5-9H2,1H3. The highest BCUT2D eigenvalue weighted by atomic mass is 16.3. The number of hydrogen-bond donors (Lipinski definition) is 2. The van der Waals surface area contributed by atoms with Gasteiger partial charge in [-0.25, -0.2) is 0 Å². The van der Waals surface area contributed by atoms with Gasteiger partial charge in [0.1, 0.15) is 0 Å². The van der Waals surface area contributed by atoms with E-state index < -0.39 is 5.60 Å². The SMILES string of the molecule is CC1(O)CN(C(=O)c2cccc3c2CCNC3)C1. The van der Waals surface area contributed by atoms with Crippen molar-refractivity contribution >= 4 is 5.91 Å². The zero-order chi connectivity index (χ0) is 12.8. The Morgan fingerprint density at radius 1 is 1.44 bits per heavy atom. The van der Waals surface area contributed by atoms with Crippen LogP contribution in [0, 0.1) is 0 Å². The average molecular weight is 246 g/mol. The maximum atomic E-state index is 12.4. The Morgan fingerprint density at radius 2 is 2.22 bits per heavy atom. The Hall–Kier alpha value is -1.39. The van der Waals surface area contributed by atoms with Gasteiger partial charge in [0.2, 0.25) is 0 Å². The third-order valence-electron chi connectivity index (χ3n) is 3.72. The van der Waals surface area contributed by atoms with Crippen LogP contribution in [-0.4, -0.2) is 41.1 Å². The number of rotatable bonds is 1. The first-order chi connectivity index (χ1) is 8.57. The maximum absolute atomic E-state index is 12.4. The molecule has 1 amide bonds. The molecule has 2 aliphatic heterocycles. The van der Waals surface area contributed by atoms with Crippen LogP contribution in [0.1, 0.15) is 28.4 Å². The average Bonchev–Trinajstić information content (AvgIpc) is 2.34. The van der Waals surface area contributed by atoms with Crippen LogP contribution in [-0.2, 0) is 13.0 Å². The largest absolute Gasteiger partial charge is 0.386 e. The van der Waals surface area contributed by atoms with Gasteiger partial charge >= 0.3 is 0 Å². The van der Waals surface area contributed by atoms with E-state index in [9.17, 15) is 9.90 Å². The second-order valence-electron chi connectivity index (χ2n) is 5.53. The minimum Gasteiger partial charge on any atom is -0.386 e. The van der Waals surface area contributed by atoms with Crippen LogP contribution in [0.5, 0.6) is 0 Å². The van der Waals surface area contributed by atoms with Gasteiger partial charge in [-0.05, 0) is 37.1 Å². The van der Waals surface area contributed by atoms with E-state index in [1.165, 1.54) is 11.1 Å². The van der Waals surface area contributed by atoms with Crippen LogP contribution < -0.4 is 5.32 Å². The molecule has 0 aromatic heterocycles. The van der Waals surface area contributed by atoms with E-state index in [1.807, 2.05) is 12.1 Å². The predicted molar refractivity (Wildman–Crippen MR) is 68.4 cm³/mol. The van der Waals surface area contributed by atoms with Gasteiger partial charge in [0.15, 0.2) is 0 Å². The molecule has 1 aromatic carbocycles. The molecule has 3 rings (SSSR count). The lowest BCUT2D eigenvalue weighted by Gasteiger charge is -2.44. The van der Waals surface area contributed by atoms with Crippen molar-refractivity contribution in [2.45, 2.75) is 25.5 Å². The maximum Gasteiger partial charge on any atom is 0.254 e. The molecule has 2 N–H and O–H groups in total. The number of likely N-dealkylation sites (tertiary alicyclic amines) is 1. The first-order valence-electron chi connectivity index (χ1n) is 6.40. The minimum absolute atomic E-state index is 0.0558. The molecule has 0 spiro atoms. The Morgan fingerprint density at radius 3 is 2.94 bits per heavy atom. The summed E-state index contributed by atoms with van der Waals surface area (Å²) >= 11 is 0. The Kier molecular flexibility index (Phi) is 2.64. The molecule has 0 unspecified atom stereocenters. The molecule has 1 aromatic rings. The zero-order valence-corrected chi connectivity index (χ0v) is 10.6. The molecule has 0 radical (unpaired) electrons. The molecular formula is C14H18N2O2. The molecule has 96 valence electrons. The Bertz CT molecular complexity index is 489. The molecule has 1 fully saturated rings. The van der Waals surface area contributed by atoms with Gasteiger partial charge in [0.05, 0.1) is 18.7 Å². The van der Waals surface area contributed by atoms with E-state index in [1.54, 1.807) is 11.8 Å². The topological polar surface area (TPSA) is 52.6 Å². The van der Waals surface area contributed by atoms with Gasteiger partial charge in [-0.3, -0.25) is 4.79 Å². The van der Waals surface area contributed by atoms with Crippen molar-refractivity contribution in [3.05, 3.63) is 34.9 Å². The van der Waals surface area contributed by atoms with Crippen molar-refractivity contribution in [2.24, 2.45) is 0 Å². The van der Waals surface area contributed by atoms with E-state index in [0.29, 0.717) is 13.1 Å².